The number of sulfonamides is 1. The second-order valence-electron chi connectivity index (χ2n) is 10.9. The van der Waals surface area contributed by atoms with Gasteiger partial charge < -0.3 is 24.8 Å². The SMILES string of the molecule is COc1cc(C)c(S(=O)(=O)N(C)CC(=O)NCC(=O)N(C)C[C@H]2CC[C@@H](N(C)CCN(C)C)CC2)c(C)c1. The van der Waals surface area contributed by atoms with Crippen LogP contribution in [-0.2, 0) is 19.6 Å². The third-order valence-electron chi connectivity index (χ3n) is 7.44. The molecular formula is C27H47N5O5S. The number of ether oxygens (including phenoxy) is 1. The minimum Gasteiger partial charge on any atom is -0.497 e. The molecular weight excluding hydrogens is 506 g/mol. The van der Waals surface area contributed by atoms with E-state index in [-0.39, 0.29) is 23.9 Å². The largest absolute Gasteiger partial charge is 0.497 e. The Labute approximate surface area is 229 Å². The zero-order chi connectivity index (χ0) is 28.6. The molecule has 1 aromatic carbocycles. The first kappa shape index (κ1) is 32.0. The lowest BCUT2D eigenvalue weighted by atomic mass is 9.85. The second kappa shape index (κ2) is 14.3. The molecule has 2 amide bonds. The highest BCUT2D eigenvalue weighted by atomic mass is 32.2. The van der Waals surface area contributed by atoms with E-state index in [1.165, 1.54) is 14.2 Å². The summed E-state index contributed by atoms with van der Waals surface area (Å²) in [5.74, 6) is 0.312. The van der Waals surface area contributed by atoms with E-state index < -0.39 is 15.9 Å². The standard InChI is InChI=1S/C27H47N5O5S/c1-20-15-24(37-8)16-21(2)27(20)38(35,36)32(7)19-25(33)28-17-26(34)31(6)18-22-9-11-23(12-10-22)30(5)14-13-29(3)4/h15-16,22-23H,9-14,17-19H2,1-8H3,(H,28,33)/t22-,23+. The van der Waals surface area contributed by atoms with Gasteiger partial charge in [0.05, 0.1) is 25.1 Å². The van der Waals surface area contributed by atoms with Crippen LogP contribution in [0.4, 0.5) is 0 Å². The summed E-state index contributed by atoms with van der Waals surface area (Å²) in [7, 11) is 7.11. The number of rotatable bonds is 13. The summed E-state index contributed by atoms with van der Waals surface area (Å²) in [6, 6.07) is 3.89. The Morgan fingerprint density at radius 3 is 2.08 bits per heavy atom. The van der Waals surface area contributed by atoms with Crippen molar-refractivity contribution in [2.24, 2.45) is 5.92 Å². The maximum absolute atomic E-state index is 13.1. The molecule has 1 saturated carbocycles. The molecule has 0 unspecified atom stereocenters. The van der Waals surface area contributed by atoms with Crippen LogP contribution in [-0.4, -0.2) is 120 Å². The summed E-state index contributed by atoms with van der Waals surface area (Å²) in [5.41, 5.74) is 1.08. The normalized spacial score (nSPS) is 18.2. The molecule has 0 saturated heterocycles. The smallest absolute Gasteiger partial charge is 0.243 e. The number of nitrogens with zero attached hydrogens (tertiary/aromatic N) is 4. The van der Waals surface area contributed by atoms with Gasteiger partial charge in [-0.1, -0.05) is 0 Å². The van der Waals surface area contributed by atoms with Crippen LogP contribution in [0.15, 0.2) is 17.0 Å². The maximum Gasteiger partial charge on any atom is 0.243 e. The quantitative estimate of drug-likeness (QED) is 0.396. The molecule has 0 aliphatic heterocycles. The van der Waals surface area contributed by atoms with E-state index in [4.69, 9.17) is 4.74 Å². The molecule has 0 radical (unpaired) electrons. The molecule has 216 valence electrons. The minimum absolute atomic E-state index is 0.156. The topological polar surface area (TPSA) is 102 Å². The van der Waals surface area contributed by atoms with E-state index in [0.717, 1.165) is 43.1 Å². The Morgan fingerprint density at radius 2 is 1.55 bits per heavy atom. The molecule has 2 rings (SSSR count). The number of hydrogen-bond acceptors (Lipinski definition) is 7. The fraction of sp³-hybridized carbons (Fsp3) is 0.704. The van der Waals surface area contributed by atoms with Gasteiger partial charge in [0.1, 0.15) is 5.75 Å². The van der Waals surface area contributed by atoms with E-state index in [0.29, 0.717) is 35.4 Å². The van der Waals surface area contributed by atoms with Gasteiger partial charge in [-0.25, -0.2) is 8.42 Å². The minimum atomic E-state index is -3.90. The third kappa shape index (κ3) is 8.93. The molecule has 1 fully saturated rings. The van der Waals surface area contributed by atoms with Crippen LogP contribution >= 0.6 is 0 Å². The monoisotopic (exact) mass is 553 g/mol. The van der Waals surface area contributed by atoms with Crippen LogP contribution in [0.3, 0.4) is 0 Å². The number of benzene rings is 1. The lowest BCUT2D eigenvalue weighted by Crippen LogP contribution is -2.45. The van der Waals surface area contributed by atoms with Crippen molar-refractivity contribution in [2.45, 2.75) is 50.5 Å². The van der Waals surface area contributed by atoms with Gasteiger partial charge in [0, 0.05) is 39.8 Å². The summed E-state index contributed by atoms with van der Waals surface area (Å²) in [6.07, 6.45) is 4.41. The highest BCUT2D eigenvalue weighted by Gasteiger charge is 2.28. The molecule has 38 heavy (non-hydrogen) atoms. The Kier molecular flexibility index (Phi) is 12.0. The average molecular weight is 554 g/mol. The van der Waals surface area contributed by atoms with Crippen molar-refractivity contribution in [3.8, 4) is 5.75 Å². The molecule has 1 aliphatic rings. The summed E-state index contributed by atoms with van der Waals surface area (Å²) >= 11 is 0. The first-order valence-electron chi connectivity index (χ1n) is 13.2. The zero-order valence-electron chi connectivity index (χ0n) is 24.4. The fourth-order valence-corrected chi connectivity index (χ4v) is 6.57. The zero-order valence-corrected chi connectivity index (χ0v) is 25.2. The maximum atomic E-state index is 13.1. The number of hydrogen-bond donors (Lipinski definition) is 1. The van der Waals surface area contributed by atoms with Gasteiger partial charge >= 0.3 is 0 Å². The summed E-state index contributed by atoms with van der Waals surface area (Å²) in [5, 5.41) is 2.58. The van der Waals surface area contributed by atoms with Gasteiger partial charge in [-0.2, -0.15) is 4.31 Å². The second-order valence-corrected chi connectivity index (χ2v) is 12.8. The highest BCUT2D eigenvalue weighted by Crippen LogP contribution is 2.28. The van der Waals surface area contributed by atoms with E-state index in [2.05, 4.69) is 36.3 Å². The predicted molar refractivity (Wildman–Crippen MR) is 150 cm³/mol. The van der Waals surface area contributed by atoms with E-state index in [1.807, 2.05) is 0 Å². The summed E-state index contributed by atoms with van der Waals surface area (Å²) in [6.45, 7) is 5.61. The Morgan fingerprint density at radius 1 is 0.974 bits per heavy atom. The third-order valence-corrected chi connectivity index (χ3v) is 9.55. The molecule has 0 bridgehead atoms. The highest BCUT2D eigenvalue weighted by molar-refractivity contribution is 7.89. The molecule has 0 atom stereocenters. The van der Waals surface area contributed by atoms with E-state index in [9.17, 15) is 18.0 Å². The van der Waals surface area contributed by atoms with Gasteiger partial charge in [0.25, 0.3) is 0 Å². The van der Waals surface area contributed by atoms with Crippen molar-refractivity contribution in [3.63, 3.8) is 0 Å². The molecule has 11 heteroatoms. The summed E-state index contributed by atoms with van der Waals surface area (Å²) < 4.78 is 32.5. The van der Waals surface area contributed by atoms with Crippen molar-refractivity contribution < 1.29 is 22.7 Å². The summed E-state index contributed by atoms with van der Waals surface area (Å²) in [4.78, 5) is 31.6. The number of methoxy groups -OCH3 is 1. The molecule has 1 aromatic rings. The van der Waals surface area contributed by atoms with E-state index >= 15 is 0 Å². The molecule has 0 aromatic heterocycles. The molecule has 10 nitrogen and oxygen atoms in total. The number of aryl methyl sites for hydroxylation is 2. The molecule has 1 aliphatic carbocycles. The Bertz CT molecular complexity index is 1030. The van der Waals surface area contributed by atoms with Crippen LogP contribution in [0.1, 0.15) is 36.8 Å². The van der Waals surface area contributed by atoms with Gasteiger partial charge in [0.15, 0.2) is 0 Å². The lowest BCUT2D eigenvalue weighted by molar-refractivity contribution is -0.132. The van der Waals surface area contributed by atoms with Gasteiger partial charge in [0.2, 0.25) is 21.8 Å². The van der Waals surface area contributed by atoms with E-state index in [1.54, 1.807) is 37.9 Å². The average Bonchev–Trinajstić information content (AvgIpc) is 2.85. The molecule has 0 heterocycles. The number of carbonyl (C=O) groups is 2. The number of amides is 2. The predicted octanol–water partition coefficient (Wildman–Crippen LogP) is 1.56. The van der Waals surface area contributed by atoms with Crippen LogP contribution in [0, 0.1) is 19.8 Å². The van der Waals surface area contributed by atoms with Crippen molar-refractivity contribution >= 4 is 21.8 Å². The first-order valence-corrected chi connectivity index (χ1v) is 14.7. The number of nitrogens with one attached hydrogen (secondary N) is 1. The van der Waals surface area contributed by atoms with Gasteiger partial charge in [-0.15, -0.1) is 0 Å². The first-order chi connectivity index (χ1) is 17.8. The Hall–Kier alpha value is -2.21. The van der Waals surface area contributed by atoms with Gasteiger partial charge in [-0.3, -0.25) is 9.59 Å². The van der Waals surface area contributed by atoms with Crippen molar-refractivity contribution in [1.29, 1.82) is 0 Å². The van der Waals surface area contributed by atoms with Crippen LogP contribution in [0.5, 0.6) is 5.75 Å². The number of carbonyl (C=O) groups excluding carboxylic acids is 2. The van der Waals surface area contributed by atoms with Crippen LogP contribution in [0.25, 0.3) is 0 Å². The number of likely N-dealkylation sites (N-methyl/N-ethyl adjacent to an activating group) is 4. The van der Waals surface area contributed by atoms with Crippen LogP contribution < -0.4 is 10.1 Å². The molecule has 0 spiro atoms. The lowest BCUT2D eigenvalue weighted by Gasteiger charge is -2.36. The van der Waals surface area contributed by atoms with Crippen LogP contribution in [0.2, 0.25) is 0 Å². The molecule has 1 N–H and O–H groups in total. The van der Waals surface area contributed by atoms with Crippen molar-refractivity contribution in [2.75, 3.05) is 75.1 Å². The van der Waals surface area contributed by atoms with Gasteiger partial charge in [-0.05, 0) is 89.9 Å². The van der Waals surface area contributed by atoms with Crippen molar-refractivity contribution in [1.82, 2.24) is 24.3 Å². The fourth-order valence-electron chi connectivity index (χ4n) is 5.04. The van der Waals surface area contributed by atoms with Crippen molar-refractivity contribution in [3.05, 3.63) is 23.3 Å². The Balaban J connectivity index is 1.80.